The number of sulfonamides is 1. The fraction of sp³-hybridized carbons (Fsp3) is 0. The molecule has 0 fully saturated rings. The van der Waals surface area contributed by atoms with Crippen molar-refractivity contribution in [3.63, 3.8) is 0 Å². The molecule has 0 bridgehead atoms. The van der Waals surface area contributed by atoms with Gasteiger partial charge in [-0.1, -0.05) is 18.2 Å². The molecule has 0 aliphatic heterocycles. The summed E-state index contributed by atoms with van der Waals surface area (Å²) in [6, 6.07) is 6.69. The number of benzene rings is 1. The normalized spacial score (nSPS) is 11.2. The van der Waals surface area contributed by atoms with Crippen LogP contribution >= 0.6 is 0 Å². The van der Waals surface area contributed by atoms with Crippen molar-refractivity contribution in [2.45, 2.75) is 4.90 Å². The second-order valence-corrected chi connectivity index (χ2v) is 4.97. The predicted octanol–water partition coefficient (Wildman–Crippen LogP) is 1.12. The van der Waals surface area contributed by atoms with Crippen molar-refractivity contribution in [3.05, 3.63) is 42.3 Å². The highest BCUT2D eigenvalue weighted by Gasteiger charge is 2.17. The first-order chi connectivity index (χ1) is 8.49. The van der Waals surface area contributed by atoms with Gasteiger partial charge in [-0.3, -0.25) is 4.72 Å². The molecule has 6 nitrogen and oxygen atoms in total. The van der Waals surface area contributed by atoms with Crippen molar-refractivity contribution in [2.75, 3.05) is 4.72 Å². The third kappa shape index (κ3) is 2.54. The van der Waals surface area contributed by atoms with Crippen LogP contribution in [0.5, 0.6) is 6.01 Å². The van der Waals surface area contributed by atoms with Crippen LogP contribution in [0.2, 0.25) is 0 Å². The SMILES string of the molecule is O=S(=O)(Nc1nc(O)ncc1F)c1ccccc1. The fourth-order valence-corrected chi connectivity index (χ4v) is 2.25. The number of aromatic nitrogens is 2. The summed E-state index contributed by atoms with van der Waals surface area (Å²) in [6.07, 6.45) is 0.672. The minimum Gasteiger partial charge on any atom is -0.479 e. The molecule has 8 heteroatoms. The maximum atomic E-state index is 13.3. The highest BCUT2D eigenvalue weighted by atomic mass is 32.2. The van der Waals surface area contributed by atoms with Crippen LogP contribution in [0.15, 0.2) is 41.4 Å². The Balaban J connectivity index is 2.37. The summed E-state index contributed by atoms with van der Waals surface area (Å²) in [5.41, 5.74) is 0. The Kier molecular flexibility index (Phi) is 3.11. The topological polar surface area (TPSA) is 92.2 Å². The standard InChI is InChI=1S/C10H8FN3O3S/c11-8-6-12-10(15)13-9(8)14-18(16,17)7-4-2-1-3-5-7/h1-6H,(H2,12,13,14,15). The zero-order valence-electron chi connectivity index (χ0n) is 8.91. The van der Waals surface area contributed by atoms with Crippen molar-refractivity contribution in [1.82, 2.24) is 9.97 Å². The Morgan fingerprint density at radius 3 is 2.56 bits per heavy atom. The van der Waals surface area contributed by atoms with Crippen LogP contribution in [0.4, 0.5) is 10.2 Å². The summed E-state index contributed by atoms with van der Waals surface area (Å²) in [6.45, 7) is 0. The van der Waals surface area contributed by atoms with Crippen molar-refractivity contribution in [2.24, 2.45) is 0 Å². The molecule has 18 heavy (non-hydrogen) atoms. The van der Waals surface area contributed by atoms with Crippen LogP contribution in [-0.4, -0.2) is 23.5 Å². The third-order valence-corrected chi connectivity index (χ3v) is 3.37. The van der Waals surface area contributed by atoms with Crippen molar-refractivity contribution >= 4 is 15.8 Å². The summed E-state index contributed by atoms with van der Waals surface area (Å²) in [4.78, 5) is 6.40. The van der Waals surface area contributed by atoms with E-state index in [1.165, 1.54) is 24.3 Å². The number of hydrogen-bond donors (Lipinski definition) is 2. The summed E-state index contributed by atoms with van der Waals surface area (Å²) in [7, 11) is -3.94. The average Bonchev–Trinajstić information content (AvgIpc) is 2.35. The quantitative estimate of drug-likeness (QED) is 0.871. The van der Waals surface area contributed by atoms with E-state index in [0.29, 0.717) is 6.20 Å². The number of anilines is 1. The highest BCUT2D eigenvalue weighted by Crippen LogP contribution is 2.17. The number of nitrogens with zero attached hydrogens (tertiary/aromatic N) is 2. The van der Waals surface area contributed by atoms with Crippen LogP contribution in [-0.2, 0) is 10.0 Å². The van der Waals surface area contributed by atoms with E-state index in [4.69, 9.17) is 5.11 Å². The summed E-state index contributed by atoms with van der Waals surface area (Å²) < 4.78 is 38.9. The first kappa shape index (κ1) is 12.2. The minimum atomic E-state index is -3.94. The Labute approximate surface area is 102 Å². The van der Waals surface area contributed by atoms with Crippen molar-refractivity contribution in [1.29, 1.82) is 0 Å². The maximum absolute atomic E-state index is 13.3. The third-order valence-electron chi connectivity index (χ3n) is 2.02. The molecule has 2 N–H and O–H groups in total. The lowest BCUT2D eigenvalue weighted by Gasteiger charge is -2.07. The lowest BCUT2D eigenvalue weighted by Crippen LogP contribution is -2.15. The van der Waals surface area contributed by atoms with E-state index in [-0.39, 0.29) is 4.90 Å². The van der Waals surface area contributed by atoms with Gasteiger partial charge in [0.2, 0.25) is 0 Å². The van der Waals surface area contributed by atoms with Crippen LogP contribution in [0, 0.1) is 5.82 Å². The molecular weight excluding hydrogens is 261 g/mol. The lowest BCUT2D eigenvalue weighted by molar-refractivity contribution is 0.426. The zero-order chi connectivity index (χ0) is 13.2. The molecule has 2 rings (SSSR count). The van der Waals surface area contributed by atoms with Crippen LogP contribution in [0.1, 0.15) is 0 Å². The molecule has 1 aromatic carbocycles. The Morgan fingerprint density at radius 2 is 1.89 bits per heavy atom. The second kappa shape index (κ2) is 4.57. The van der Waals surface area contributed by atoms with Gasteiger partial charge in [0, 0.05) is 0 Å². The molecule has 0 saturated heterocycles. The van der Waals surface area contributed by atoms with Gasteiger partial charge in [-0.15, -0.1) is 0 Å². The fourth-order valence-electron chi connectivity index (χ4n) is 1.22. The molecule has 0 spiro atoms. The van der Waals surface area contributed by atoms with Gasteiger partial charge >= 0.3 is 6.01 Å². The molecule has 2 aromatic rings. The molecule has 0 radical (unpaired) electrons. The van der Waals surface area contributed by atoms with Gasteiger partial charge in [0.25, 0.3) is 10.0 Å². The number of aromatic hydroxyl groups is 1. The van der Waals surface area contributed by atoms with Gasteiger partial charge in [-0.25, -0.2) is 17.8 Å². The van der Waals surface area contributed by atoms with E-state index in [1.807, 2.05) is 4.72 Å². The van der Waals surface area contributed by atoms with E-state index in [1.54, 1.807) is 6.07 Å². The number of rotatable bonds is 3. The van der Waals surface area contributed by atoms with Crippen LogP contribution < -0.4 is 4.72 Å². The van der Waals surface area contributed by atoms with Gasteiger partial charge in [-0.05, 0) is 12.1 Å². The molecule has 1 heterocycles. The largest absolute Gasteiger partial charge is 0.479 e. The van der Waals surface area contributed by atoms with Gasteiger partial charge in [0.1, 0.15) is 0 Å². The first-order valence-electron chi connectivity index (χ1n) is 4.78. The van der Waals surface area contributed by atoms with E-state index in [0.717, 1.165) is 0 Å². The maximum Gasteiger partial charge on any atom is 0.316 e. The van der Waals surface area contributed by atoms with Crippen molar-refractivity contribution in [3.8, 4) is 6.01 Å². The first-order valence-corrected chi connectivity index (χ1v) is 6.27. The van der Waals surface area contributed by atoms with Gasteiger partial charge in [0.15, 0.2) is 11.6 Å². The number of hydrogen-bond acceptors (Lipinski definition) is 5. The van der Waals surface area contributed by atoms with Gasteiger partial charge < -0.3 is 5.11 Å². The molecule has 0 unspecified atom stereocenters. The molecule has 94 valence electrons. The van der Waals surface area contributed by atoms with Gasteiger partial charge in [0.05, 0.1) is 11.1 Å². The average molecular weight is 269 g/mol. The number of halogens is 1. The Bertz CT molecular complexity index is 661. The van der Waals surface area contributed by atoms with E-state index >= 15 is 0 Å². The van der Waals surface area contributed by atoms with E-state index in [2.05, 4.69) is 9.97 Å². The molecule has 0 atom stereocenters. The second-order valence-electron chi connectivity index (χ2n) is 3.29. The zero-order valence-corrected chi connectivity index (χ0v) is 9.72. The molecule has 0 amide bonds. The lowest BCUT2D eigenvalue weighted by atomic mass is 10.4. The molecule has 0 aliphatic rings. The summed E-state index contributed by atoms with van der Waals surface area (Å²) in [5.74, 6) is -1.58. The van der Waals surface area contributed by atoms with E-state index < -0.39 is 27.7 Å². The summed E-state index contributed by atoms with van der Waals surface area (Å²) in [5, 5.41) is 8.98. The van der Waals surface area contributed by atoms with E-state index in [9.17, 15) is 12.8 Å². The molecule has 1 aromatic heterocycles. The van der Waals surface area contributed by atoms with Crippen LogP contribution in [0.3, 0.4) is 0 Å². The molecule has 0 saturated carbocycles. The Morgan fingerprint density at radius 1 is 1.22 bits per heavy atom. The molecule has 0 aliphatic carbocycles. The highest BCUT2D eigenvalue weighted by molar-refractivity contribution is 7.92. The van der Waals surface area contributed by atoms with Gasteiger partial charge in [-0.2, -0.15) is 4.98 Å². The van der Waals surface area contributed by atoms with Crippen LogP contribution in [0.25, 0.3) is 0 Å². The van der Waals surface area contributed by atoms with Crippen molar-refractivity contribution < 1.29 is 17.9 Å². The monoisotopic (exact) mass is 269 g/mol. The molecular formula is C10H8FN3O3S. The smallest absolute Gasteiger partial charge is 0.316 e. The predicted molar refractivity (Wildman–Crippen MR) is 60.9 cm³/mol. The number of nitrogens with one attached hydrogen (secondary N) is 1. The minimum absolute atomic E-state index is 0.0393. The Hall–Kier alpha value is -2.22. The summed E-state index contributed by atoms with van der Waals surface area (Å²) >= 11 is 0.